The topological polar surface area (TPSA) is 87.0 Å². The molecule has 0 fully saturated rings. The highest BCUT2D eigenvalue weighted by Gasteiger charge is 2.24. The molecular formula is C6H12O5. The van der Waals surface area contributed by atoms with Crippen molar-refractivity contribution in [2.45, 2.75) is 18.3 Å². The summed E-state index contributed by atoms with van der Waals surface area (Å²) < 4.78 is 4.57. The summed E-state index contributed by atoms with van der Waals surface area (Å²) in [5.41, 5.74) is 0. The van der Waals surface area contributed by atoms with Crippen molar-refractivity contribution in [3.05, 3.63) is 0 Å². The Kier molecular flexibility index (Phi) is 4.97. The Hall–Kier alpha value is -0.490. The van der Waals surface area contributed by atoms with Crippen LogP contribution in [-0.2, 0) is 9.53 Å². The standard InChI is InChI=1S/C6H12O5/c1-11-5(3-8)6(10)4(9)2-7/h2,4-6,8-10H,3H2,1H3/t4-,5-,6+/m0/s1. The van der Waals surface area contributed by atoms with Crippen molar-refractivity contribution < 1.29 is 24.9 Å². The van der Waals surface area contributed by atoms with Gasteiger partial charge in [-0.05, 0) is 0 Å². The Balaban J connectivity index is 3.95. The van der Waals surface area contributed by atoms with Gasteiger partial charge in [-0.2, -0.15) is 0 Å². The van der Waals surface area contributed by atoms with Crippen molar-refractivity contribution in [2.24, 2.45) is 0 Å². The molecule has 3 atom stereocenters. The maximum atomic E-state index is 9.94. The van der Waals surface area contributed by atoms with Crippen molar-refractivity contribution in [3.63, 3.8) is 0 Å². The van der Waals surface area contributed by atoms with E-state index in [-0.39, 0.29) is 6.29 Å². The lowest BCUT2D eigenvalue weighted by Gasteiger charge is -2.20. The minimum absolute atomic E-state index is 0.187. The van der Waals surface area contributed by atoms with Crippen molar-refractivity contribution in [2.75, 3.05) is 13.7 Å². The number of carbonyl (C=O) groups excluding carboxylic acids is 1. The summed E-state index contributed by atoms with van der Waals surface area (Å²) in [4.78, 5) is 9.94. The summed E-state index contributed by atoms with van der Waals surface area (Å²) in [6.45, 7) is -0.442. The van der Waals surface area contributed by atoms with E-state index in [0.717, 1.165) is 0 Å². The van der Waals surface area contributed by atoms with E-state index >= 15 is 0 Å². The SMILES string of the molecule is CO[C@@H](CO)[C@H](O)[C@@H](O)C=O. The zero-order valence-electron chi connectivity index (χ0n) is 6.17. The highest BCUT2D eigenvalue weighted by atomic mass is 16.5. The largest absolute Gasteiger partial charge is 0.394 e. The van der Waals surface area contributed by atoms with Crippen LogP contribution in [-0.4, -0.2) is 53.6 Å². The molecule has 0 bridgehead atoms. The van der Waals surface area contributed by atoms with Gasteiger partial charge in [-0.1, -0.05) is 0 Å². The quantitative estimate of drug-likeness (QED) is 0.406. The highest BCUT2D eigenvalue weighted by Crippen LogP contribution is 2.00. The Labute approximate surface area is 64.2 Å². The molecule has 0 aromatic rings. The molecule has 0 rings (SSSR count). The minimum Gasteiger partial charge on any atom is -0.394 e. The summed E-state index contributed by atoms with van der Waals surface area (Å²) in [6, 6.07) is 0. The van der Waals surface area contributed by atoms with Crippen molar-refractivity contribution in [1.82, 2.24) is 0 Å². The van der Waals surface area contributed by atoms with Gasteiger partial charge in [0.1, 0.15) is 18.3 Å². The zero-order chi connectivity index (χ0) is 8.85. The van der Waals surface area contributed by atoms with E-state index in [9.17, 15) is 4.79 Å². The van der Waals surface area contributed by atoms with E-state index in [1.165, 1.54) is 7.11 Å². The molecule has 0 aliphatic heterocycles. The van der Waals surface area contributed by atoms with E-state index in [4.69, 9.17) is 15.3 Å². The summed E-state index contributed by atoms with van der Waals surface area (Å²) >= 11 is 0. The summed E-state index contributed by atoms with van der Waals surface area (Å²) in [6.07, 6.45) is -3.61. The van der Waals surface area contributed by atoms with Crippen LogP contribution in [0.15, 0.2) is 0 Å². The molecule has 0 spiro atoms. The maximum Gasteiger partial charge on any atom is 0.151 e. The van der Waals surface area contributed by atoms with Crippen molar-refractivity contribution in [1.29, 1.82) is 0 Å². The molecule has 0 amide bonds. The van der Waals surface area contributed by atoms with Gasteiger partial charge in [0.25, 0.3) is 0 Å². The van der Waals surface area contributed by atoms with Crippen LogP contribution < -0.4 is 0 Å². The first-order valence-electron chi connectivity index (χ1n) is 3.12. The number of aliphatic hydroxyl groups excluding tert-OH is 3. The zero-order valence-corrected chi connectivity index (χ0v) is 6.17. The predicted molar refractivity (Wildman–Crippen MR) is 36.0 cm³/mol. The van der Waals surface area contributed by atoms with Gasteiger partial charge in [0.2, 0.25) is 0 Å². The monoisotopic (exact) mass is 164 g/mol. The summed E-state index contributed by atoms with van der Waals surface area (Å²) in [7, 11) is 1.27. The van der Waals surface area contributed by atoms with Crippen LogP contribution in [0.2, 0.25) is 0 Å². The molecule has 66 valence electrons. The molecule has 0 aromatic heterocycles. The van der Waals surface area contributed by atoms with Gasteiger partial charge in [0, 0.05) is 7.11 Å². The van der Waals surface area contributed by atoms with Gasteiger partial charge in [0.05, 0.1) is 6.61 Å². The Morgan fingerprint density at radius 2 is 2.09 bits per heavy atom. The molecule has 5 nitrogen and oxygen atoms in total. The number of ether oxygens (including phenoxy) is 1. The lowest BCUT2D eigenvalue weighted by Crippen LogP contribution is -2.41. The molecule has 5 heteroatoms. The number of hydrogen-bond acceptors (Lipinski definition) is 5. The van der Waals surface area contributed by atoms with Crippen molar-refractivity contribution >= 4 is 6.29 Å². The van der Waals surface area contributed by atoms with Gasteiger partial charge in [0.15, 0.2) is 6.29 Å². The van der Waals surface area contributed by atoms with E-state index in [2.05, 4.69) is 4.74 Å². The molecular weight excluding hydrogens is 152 g/mol. The second-order valence-corrected chi connectivity index (χ2v) is 2.07. The Morgan fingerprint density at radius 3 is 2.36 bits per heavy atom. The van der Waals surface area contributed by atoms with Gasteiger partial charge >= 0.3 is 0 Å². The first kappa shape index (κ1) is 10.5. The van der Waals surface area contributed by atoms with Crippen LogP contribution in [0.3, 0.4) is 0 Å². The van der Waals surface area contributed by atoms with Crippen LogP contribution in [0, 0.1) is 0 Å². The third kappa shape index (κ3) is 2.94. The molecule has 0 saturated carbocycles. The smallest absolute Gasteiger partial charge is 0.151 e. The van der Waals surface area contributed by atoms with Gasteiger partial charge in [-0.3, -0.25) is 0 Å². The number of rotatable bonds is 5. The van der Waals surface area contributed by atoms with Crippen LogP contribution in [0.25, 0.3) is 0 Å². The van der Waals surface area contributed by atoms with Gasteiger partial charge < -0.3 is 24.9 Å². The number of hydrogen-bond donors (Lipinski definition) is 3. The van der Waals surface area contributed by atoms with E-state index in [1.54, 1.807) is 0 Å². The first-order valence-corrected chi connectivity index (χ1v) is 3.12. The van der Waals surface area contributed by atoms with Crippen LogP contribution in [0.1, 0.15) is 0 Å². The summed E-state index contributed by atoms with van der Waals surface area (Å²) in [5.74, 6) is 0. The molecule has 0 saturated heterocycles. The normalized spacial score (nSPS) is 18.9. The lowest BCUT2D eigenvalue weighted by molar-refractivity contribution is -0.130. The Bertz CT molecular complexity index is 112. The van der Waals surface area contributed by atoms with Crippen molar-refractivity contribution in [3.8, 4) is 0 Å². The summed E-state index contributed by atoms with van der Waals surface area (Å²) in [5, 5.41) is 26.3. The highest BCUT2D eigenvalue weighted by molar-refractivity contribution is 5.56. The molecule has 3 N–H and O–H groups in total. The molecule has 0 radical (unpaired) electrons. The fourth-order valence-electron chi connectivity index (χ4n) is 0.622. The Morgan fingerprint density at radius 1 is 1.55 bits per heavy atom. The fourth-order valence-corrected chi connectivity index (χ4v) is 0.622. The number of aliphatic hydroxyl groups is 3. The average Bonchev–Trinajstić information content (AvgIpc) is 2.05. The molecule has 0 unspecified atom stereocenters. The number of aldehydes is 1. The fraction of sp³-hybridized carbons (Fsp3) is 0.833. The van der Waals surface area contributed by atoms with E-state index < -0.39 is 24.9 Å². The molecule has 0 aromatic carbocycles. The maximum absolute atomic E-state index is 9.94. The van der Waals surface area contributed by atoms with E-state index in [1.807, 2.05) is 0 Å². The van der Waals surface area contributed by atoms with Crippen LogP contribution >= 0.6 is 0 Å². The van der Waals surface area contributed by atoms with Crippen LogP contribution in [0.5, 0.6) is 0 Å². The van der Waals surface area contributed by atoms with E-state index in [0.29, 0.717) is 0 Å². The predicted octanol–water partition coefficient (Wildman–Crippen LogP) is -2.09. The molecule has 11 heavy (non-hydrogen) atoms. The first-order chi connectivity index (χ1) is 5.17. The minimum atomic E-state index is -1.51. The lowest BCUT2D eigenvalue weighted by atomic mass is 10.1. The third-order valence-electron chi connectivity index (χ3n) is 1.35. The third-order valence-corrected chi connectivity index (χ3v) is 1.35. The van der Waals surface area contributed by atoms with Crippen LogP contribution in [0.4, 0.5) is 0 Å². The van der Waals surface area contributed by atoms with Gasteiger partial charge in [-0.25, -0.2) is 0 Å². The molecule has 0 aliphatic rings. The van der Waals surface area contributed by atoms with Gasteiger partial charge in [-0.15, -0.1) is 0 Å². The number of methoxy groups -OCH3 is 1. The second-order valence-electron chi connectivity index (χ2n) is 2.07. The number of carbonyl (C=O) groups is 1. The average molecular weight is 164 g/mol. The molecule has 0 heterocycles. The second kappa shape index (κ2) is 5.20. The molecule has 0 aliphatic carbocycles.